The zero-order valence-electron chi connectivity index (χ0n) is 13.6. The van der Waals surface area contributed by atoms with Crippen molar-refractivity contribution in [3.05, 3.63) is 28.8 Å². The number of hydrogen-bond donors (Lipinski definition) is 0. The van der Waals surface area contributed by atoms with Gasteiger partial charge >= 0.3 is 0 Å². The third-order valence-electron chi connectivity index (χ3n) is 4.38. The van der Waals surface area contributed by atoms with Gasteiger partial charge in [0.1, 0.15) is 5.76 Å². The summed E-state index contributed by atoms with van der Waals surface area (Å²) in [6, 6.07) is 0. The normalized spacial score (nSPS) is 22.4. The van der Waals surface area contributed by atoms with Gasteiger partial charge in [-0.2, -0.15) is 0 Å². The molecule has 0 radical (unpaired) electrons. The fraction of sp³-hybridized carbons (Fsp3) is 0.667. The van der Waals surface area contributed by atoms with Gasteiger partial charge in [0, 0.05) is 19.1 Å². The van der Waals surface area contributed by atoms with Crippen LogP contribution in [0.4, 0.5) is 0 Å². The number of aromatic nitrogens is 3. The van der Waals surface area contributed by atoms with E-state index in [0.29, 0.717) is 31.4 Å². The number of aryl methyl sites for hydroxylation is 2. The summed E-state index contributed by atoms with van der Waals surface area (Å²) in [5.74, 6) is 1.73. The van der Waals surface area contributed by atoms with E-state index < -0.39 is 11.0 Å². The second-order valence-electron chi connectivity index (χ2n) is 6.24. The van der Waals surface area contributed by atoms with E-state index in [9.17, 15) is 0 Å². The molecule has 3 heterocycles. The average molecular weight is 307 g/mol. The second kappa shape index (κ2) is 5.17. The summed E-state index contributed by atoms with van der Waals surface area (Å²) in [5, 5.41) is 12.5. The predicted molar refractivity (Wildman–Crippen MR) is 76.5 cm³/mol. The molecule has 0 amide bonds. The highest BCUT2D eigenvalue weighted by Gasteiger charge is 2.44. The van der Waals surface area contributed by atoms with Gasteiger partial charge in [0.25, 0.3) is 5.89 Å². The second-order valence-corrected chi connectivity index (χ2v) is 6.24. The smallest absolute Gasteiger partial charge is 0.250 e. The van der Waals surface area contributed by atoms with Gasteiger partial charge in [-0.25, -0.2) is 0 Å². The van der Waals surface area contributed by atoms with Crippen LogP contribution in [0.15, 0.2) is 8.94 Å². The highest BCUT2D eigenvalue weighted by Crippen LogP contribution is 2.38. The van der Waals surface area contributed by atoms with Gasteiger partial charge in [0.2, 0.25) is 5.89 Å². The number of hydrogen-bond acceptors (Lipinski definition) is 7. The minimum absolute atomic E-state index is 0.427. The third-order valence-corrected chi connectivity index (χ3v) is 4.38. The SMILES string of the molecule is COC1(c2nnc(C(C)(C)c3c(C)noc3C)o2)CCOC1. The van der Waals surface area contributed by atoms with Crippen LogP contribution in [-0.4, -0.2) is 35.7 Å². The van der Waals surface area contributed by atoms with E-state index in [-0.39, 0.29) is 0 Å². The molecular weight excluding hydrogens is 286 g/mol. The number of rotatable bonds is 4. The Bertz CT molecular complexity index is 649. The zero-order valence-corrected chi connectivity index (χ0v) is 13.6. The molecule has 2 aromatic heterocycles. The van der Waals surface area contributed by atoms with Crippen LogP contribution in [0.3, 0.4) is 0 Å². The van der Waals surface area contributed by atoms with Crippen molar-refractivity contribution in [2.24, 2.45) is 0 Å². The largest absolute Gasteiger partial charge is 0.421 e. The molecule has 0 spiro atoms. The Hall–Kier alpha value is -1.73. The molecule has 0 saturated carbocycles. The molecule has 1 fully saturated rings. The summed E-state index contributed by atoms with van der Waals surface area (Å²) < 4.78 is 22.3. The first-order valence-electron chi connectivity index (χ1n) is 7.31. The summed E-state index contributed by atoms with van der Waals surface area (Å²) in [6.45, 7) is 8.88. The first-order chi connectivity index (χ1) is 10.4. The predicted octanol–water partition coefficient (Wildman–Crippen LogP) is 2.26. The van der Waals surface area contributed by atoms with Crippen LogP contribution in [0.25, 0.3) is 0 Å². The molecule has 1 saturated heterocycles. The topological polar surface area (TPSA) is 83.4 Å². The molecule has 7 heteroatoms. The van der Waals surface area contributed by atoms with Crippen LogP contribution in [0, 0.1) is 13.8 Å². The van der Waals surface area contributed by atoms with Gasteiger partial charge in [-0.05, 0) is 27.7 Å². The van der Waals surface area contributed by atoms with E-state index in [1.807, 2.05) is 27.7 Å². The Balaban J connectivity index is 2.00. The van der Waals surface area contributed by atoms with Gasteiger partial charge < -0.3 is 18.4 Å². The van der Waals surface area contributed by atoms with Crippen molar-refractivity contribution in [3.8, 4) is 0 Å². The molecule has 1 aliphatic rings. The number of ether oxygens (including phenoxy) is 2. The summed E-state index contributed by atoms with van der Waals surface area (Å²) in [5.41, 5.74) is 0.665. The van der Waals surface area contributed by atoms with Crippen molar-refractivity contribution in [1.29, 1.82) is 0 Å². The highest BCUT2D eigenvalue weighted by molar-refractivity contribution is 5.34. The first kappa shape index (κ1) is 15.2. The Labute approximate surface area is 129 Å². The molecule has 2 aromatic rings. The van der Waals surface area contributed by atoms with Crippen molar-refractivity contribution in [1.82, 2.24) is 15.4 Å². The molecule has 1 aliphatic heterocycles. The van der Waals surface area contributed by atoms with Crippen LogP contribution in [0.5, 0.6) is 0 Å². The lowest BCUT2D eigenvalue weighted by Gasteiger charge is -2.22. The molecular formula is C15H21N3O4. The van der Waals surface area contributed by atoms with Crippen molar-refractivity contribution in [3.63, 3.8) is 0 Å². The molecule has 0 bridgehead atoms. The van der Waals surface area contributed by atoms with E-state index >= 15 is 0 Å². The minimum atomic E-state index is -0.639. The van der Waals surface area contributed by atoms with Crippen molar-refractivity contribution < 1.29 is 18.4 Å². The molecule has 1 unspecified atom stereocenters. The van der Waals surface area contributed by atoms with Crippen molar-refractivity contribution >= 4 is 0 Å². The lowest BCUT2D eigenvalue weighted by Crippen LogP contribution is -2.29. The quantitative estimate of drug-likeness (QED) is 0.856. The molecule has 22 heavy (non-hydrogen) atoms. The van der Waals surface area contributed by atoms with E-state index in [1.165, 1.54) is 0 Å². The van der Waals surface area contributed by atoms with Crippen LogP contribution in [0.2, 0.25) is 0 Å². The molecule has 7 nitrogen and oxygen atoms in total. The van der Waals surface area contributed by atoms with Gasteiger partial charge in [-0.1, -0.05) is 5.16 Å². The molecule has 120 valence electrons. The first-order valence-corrected chi connectivity index (χ1v) is 7.31. The maximum atomic E-state index is 5.96. The summed E-state index contributed by atoms with van der Waals surface area (Å²) in [6.07, 6.45) is 0.705. The van der Waals surface area contributed by atoms with Gasteiger partial charge in [-0.15, -0.1) is 10.2 Å². The Morgan fingerprint density at radius 2 is 2.00 bits per heavy atom. The zero-order chi connectivity index (χ0) is 16.0. The summed E-state index contributed by atoms with van der Waals surface area (Å²) in [4.78, 5) is 0. The monoisotopic (exact) mass is 307 g/mol. The van der Waals surface area contributed by atoms with Crippen molar-refractivity contribution in [2.45, 2.75) is 45.1 Å². The molecule has 1 atom stereocenters. The van der Waals surface area contributed by atoms with Crippen LogP contribution in [-0.2, 0) is 20.5 Å². The van der Waals surface area contributed by atoms with E-state index in [2.05, 4.69) is 15.4 Å². The average Bonchev–Trinajstić information content (AvgIpc) is 3.18. The summed E-state index contributed by atoms with van der Waals surface area (Å²) in [7, 11) is 1.64. The van der Waals surface area contributed by atoms with Gasteiger partial charge in [0.05, 0.1) is 24.3 Å². The minimum Gasteiger partial charge on any atom is -0.421 e. The lowest BCUT2D eigenvalue weighted by molar-refractivity contribution is -0.0420. The van der Waals surface area contributed by atoms with Crippen LogP contribution >= 0.6 is 0 Å². The van der Waals surface area contributed by atoms with E-state index in [0.717, 1.165) is 17.0 Å². The van der Waals surface area contributed by atoms with Crippen molar-refractivity contribution in [2.75, 3.05) is 20.3 Å². The van der Waals surface area contributed by atoms with E-state index in [4.69, 9.17) is 18.4 Å². The molecule has 3 rings (SSSR count). The Morgan fingerprint density at radius 3 is 2.55 bits per heavy atom. The highest BCUT2D eigenvalue weighted by atomic mass is 16.6. The number of methoxy groups -OCH3 is 1. The summed E-state index contributed by atoms with van der Waals surface area (Å²) >= 11 is 0. The molecule has 0 aromatic carbocycles. The van der Waals surface area contributed by atoms with Gasteiger partial charge in [0.15, 0.2) is 5.60 Å². The third kappa shape index (κ3) is 2.16. The van der Waals surface area contributed by atoms with Crippen LogP contribution < -0.4 is 0 Å². The van der Waals surface area contributed by atoms with E-state index in [1.54, 1.807) is 7.11 Å². The Morgan fingerprint density at radius 1 is 1.23 bits per heavy atom. The number of nitrogens with zero attached hydrogens (tertiary/aromatic N) is 3. The lowest BCUT2D eigenvalue weighted by atomic mass is 9.83. The van der Waals surface area contributed by atoms with Crippen LogP contribution in [0.1, 0.15) is 49.1 Å². The van der Waals surface area contributed by atoms with Gasteiger partial charge in [-0.3, -0.25) is 0 Å². The molecule has 0 aliphatic carbocycles. The maximum Gasteiger partial charge on any atom is 0.250 e. The fourth-order valence-electron chi connectivity index (χ4n) is 3.11. The fourth-order valence-corrected chi connectivity index (χ4v) is 3.11. The molecule has 0 N–H and O–H groups in total. The standard InChI is InChI=1S/C15H21N3O4/c1-9-11(10(2)22-18-9)14(3,4)12-16-17-13(21-12)15(19-5)6-7-20-8-15/h6-8H2,1-5H3. The Kier molecular flexibility index (Phi) is 3.57. The maximum absolute atomic E-state index is 5.96.